The predicted octanol–water partition coefficient (Wildman–Crippen LogP) is 4.77. The lowest BCUT2D eigenvalue weighted by atomic mass is 10.1. The molecule has 0 spiro atoms. The van der Waals surface area contributed by atoms with Crippen molar-refractivity contribution >= 4 is 23.5 Å². The lowest BCUT2D eigenvalue weighted by Gasteiger charge is -2.25. The number of anilines is 1. The third-order valence-electron chi connectivity index (χ3n) is 3.94. The first-order valence-electron chi connectivity index (χ1n) is 7.66. The highest BCUT2D eigenvalue weighted by atomic mass is 32.2. The molecule has 1 N–H and O–H groups in total. The number of hydrogen-bond donors (Lipinski definition) is 1. The number of nitrogens with one attached hydrogen (secondary N) is 1. The van der Waals surface area contributed by atoms with Crippen LogP contribution >= 0.6 is 11.8 Å². The van der Waals surface area contributed by atoms with Crippen LogP contribution in [0.2, 0.25) is 0 Å². The molecular formula is C17H17F2N3OS. The fraction of sp³-hybridized carbons (Fsp3) is 0.294. The average molecular weight is 349 g/mol. The fourth-order valence-corrected chi connectivity index (χ4v) is 3.36. The summed E-state index contributed by atoms with van der Waals surface area (Å²) in [5, 5.41) is 2.84. The normalized spacial score (nSPS) is 17.3. The Hall–Kier alpha value is -2.15. The summed E-state index contributed by atoms with van der Waals surface area (Å²) in [6.45, 7) is 0.693. The van der Waals surface area contributed by atoms with E-state index in [9.17, 15) is 13.6 Å². The Kier molecular flexibility index (Phi) is 5.30. The summed E-state index contributed by atoms with van der Waals surface area (Å²) in [5.41, 5.74) is 1.67. The summed E-state index contributed by atoms with van der Waals surface area (Å²) in [6.07, 6.45) is 5.32. The Morgan fingerprint density at radius 3 is 2.58 bits per heavy atom. The molecule has 7 heteroatoms. The van der Waals surface area contributed by atoms with Crippen LogP contribution in [0.15, 0.2) is 53.7 Å². The second-order valence-electron chi connectivity index (χ2n) is 5.47. The lowest BCUT2D eigenvalue weighted by Crippen LogP contribution is -2.34. The smallest absolute Gasteiger partial charge is 0.317 e. The summed E-state index contributed by atoms with van der Waals surface area (Å²) in [4.78, 5) is 18.8. The van der Waals surface area contributed by atoms with Crippen molar-refractivity contribution in [1.82, 2.24) is 9.88 Å². The van der Waals surface area contributed by atoms with Crippen LogP contribution in [0.3, 0.4) is 0 Å². The number of amides is 2. The minimum absolute atomic E-state index is 0.0432. The van der Waals surface area contributed by atoms with E-state index in [0.717, 1.165) is 18.4 Å². The minimum atomic E-state index is -2.45. The second kappa shape index (κ2) is 7.61. The first kappa shape index (κ1) is 16.7. The van der Waals surface area contributed by atoms with Crippen LogP contribution in [0.25, 0.3) is 0 Å². The van der Waals surface area contributed by atoms with E-state index in [1.807, 2.05) is 12.1 Å². The van der Waals surface area contributed by atoms with Gasteiger partial charge in [0.05, 0.1) is 6.04 Å². The van der Waals surface area contributed by atoms with Gasteiger partial charge in [0.15, 0.2) is 0 Å². The molecule has 126 valence electrons. The van der Waals surface area contributed by atoms with Crippen molar-refractivity contribution in [1.29, 1.82) is 0 Å². The van der Waals surface area contributed by atoms with Gasteiger partial charge in [0.1, 0.15) is 0 Å². The number of likely N-dealkylation sites (tertiary alicyclic amines) is 1. The predicted molar refractivity (Wildman–Crippen MR) is 90.2 cm³/mol. The maximum absolute atomic E-state index is 12.5. The second-order valence-corrected chi connectivity index (χ2v) is 6.53. The van der Waals surface area contributed by atoms with Gasteiger partial charge in [-0.15, -0.1) is 0 Å². The number of urea groups is 1. The fourth-order valence-electron chi connectivity index (χ4n) is 2.86. The van der Waals surface area contributed by atoms with Crippen molar-refractivity contribution in [2.45, 2.75) is 29.5 Å². The Morgan fingerprint density at radius 1 is 1.21 bits per heavy atom. The van der Waals surface area contributed by atoms with Gasteiger partial charge in [0, 0.05) is 29.5 Å². The van der Waals surface area contributed by atoms with Crippen molar-refractivity contribution in [3.05, 3.63) is 54.4 Å². The monoisotopic (exact) mass is 349 g/mol. The number of thioether (sulfide) groups is 1. The van der Waals surface area contributed by atoms with Gasteiger partial charge in [0.2, 0.25) is 0 Å². The lowest BCUT2D eigenvalue weighted by molar-refractivity contribution is 0.207. The van der Waals surface area contributed by atoms with Crippen LogP contribution in [0.1, 0.15) is 24.4 Å². The number of halogens is 2. The molecule has 1 unspecified atom stereocenters. The van der Waals surface area contributed by atoms with Crippen LogP contribution in [0.4, 0.5) is 19.3 Å². The summed E-state index contributed by atoms with van der Waals surface area (Å²) >= 11 is 0.487. The zero-order chi connectivity index (χ0) is 16.9. The standard InChI is InChI=1S/C17H17F2N3OS/c18-16(19)24-14-5-3-13(4-6-14)21-17(23)22-11-1-2-15(22)12-7-9-20-10-8-12/h3-10,15-16H,1-2,11H2,(H,21,23). The Labute approximate surface area is 143 Å². The van der Waals surface area contributed by atoms with Crippen molar-refractivity contribution in [2.24, 2.45) is 0 Å². The van der Waals surface area contributed by atoms with Gasteiger partial charge in [-0.1, -0.05) is 11.8 Å². The molecule has 1 aliphatic rings. The SMILES string of the molecule is O=C(Nc1ccc(SC(F)F)cc1)N1CCCC1c1ccncc1. The van der Waals surface area contributed by atoms with E-state index in [1.54, 1.807) is 41.6 Å². The first-order chi connectivity index (χ1) is 11.6. The number of rotatable bonds is 4. The van der Waals surface area contributed by atoms with Gasteiger partial charge in [-0.25, -0.2) is 4.79 Å². The first-order valence-corrected chi connectivity index (χ1v) is 8.54. The largest absolute Gasteiger partial charge is 0.322 e. The van der Waals surface area contributed by atoms with Gasteiger partial charge in [-0.05, 0) is 54.8 Å². The van der Waals surface area contributed by atoms with E-state index < -0.39 is 5.76 Å². The molecule has 0 radical (unpaired) electrons. The Morgan fingerprint density at radius 2 is 1.92 bits per heavy atom. The molecule has 1 atom stereocenters. The Bertz CT molecular complexity index is 682. The molecule has 3 rings (SSSR count). The number of carbonyl (C=O) groups excluding carboxylic acids is 1. The van der Waals surface area contributed by atoms with Crippen molar-refractivity contribution in [3.63, 3.8) is 0 Å². The molecule has 1 fully saturated rings. The summed E-state index contributed by atoms with van der Waals surface area (Å²) in [7, 11) is 0. The highest BCUT2D eigenvalue weighted by Crippen LogP contribution is 2.32. The molecule has 2 aromatic rings. The van der Waals surface area contributed by atoms with Gasteiger partial charge < -0.3 is 10.2 Å². The zero-order valence-corrected chi connectivity index (χ0v) is 13.7. The molecule has 24 heavy (non-hydrogen) atoms. The van der Waals surface area contributed by atoms with E-state index in [-0.39, 0.29) is 12.1 Å². The van der Waals surface area contributed by atoms with E-state index in [2.05, 4.69) is 10.3 Å². The Balaban J connectivity index is 1.66. The zero-order valence-electron chi connectivity index (χ0n) is 12.9. The van der Waals surface area contributed by atoms with E-state index in [0.29, 0.717) is 28.9 Å². The summed E-state index contributed by atoms with van der Waals surface area (Å²) in [6, 6.07) is 10.2. The number of carbonyl (C=O) groups is 1. The van der Waals surface area contributed by atoms with Gasteiger partial charge in [-0.3, -0.25) is 4.98 Å². The quantitative estimate of drug-likeness (QED) is 0.809. The molecule has 1 aromatic carbocycles. The van der Waals surface area contributed by atoms with Crippen LogP contribution < -0.4 is 5.32 Å². The molecule has 0 bridgehead atoms. The average Bonchev–Trinajstić information content (AvgIpc) is 3.07. The number of alkyl halides is 2. The van der Waals surface area contributed by atoms with Crippen molar-refractivity contribution < 1.29 is 13.6 Å². The van der Waals surface area contributed by atoms with Crippen molar-refractivity contribution in [3.8, 4) is 0 Å². The molecule has 1 aliphatic heterocycles. The number of benzene rings is 1. The van der Waals surface area contributed by atoms with Crippen LogP contribution in [0.5, 0.6) is 0 Å². The van der Waals surface area contributed by atoms with Crippen molar-refractivity contribution in [2.75, 3.05) is 11.9 Å². The van der Waals surface area contributed by atoms with E-state index in [4.69, 9.17) is 0 Å². The van der Waals surface area contributed by atoms with Gasteiger partial charge in [-0.2, -0.15) is 8.78 Å². The third kappa shape index (κ3) is 4.03. The maximum Gasteiger partial charge on any atom is 0.322 e. The molecule has 2 amide bonds. The highest BCUT2D eigenvalue weighted by Gasteiger charge is 2.29. The van der Waals surface area contributed by atoms with E-state index in [1.165, 1.54) is 0 Å². The van der Waals surface area contributed by atoms with Gasteiger partial charge >= 0.3 is 6.03 Å². The molecule has 0 aliphatic carbocycles. The van der Waals surface area contributed by atoms with E-state index >= 15 is 0 Å². The number of aromatic nitrogens is 1. The third-order valence-corrected chi connectivity index (χ3v) is 4.66. The highest BCUT2D eigenvalue weighted by molar-refractivity contribution is 7.99. The molecule has 1 aromatic heterocycles. The topological polar surface area (TPSA) is 45.2 Å². The molecule has 0 saturated carbocycles. The number of pyridine rings is 1. The molecule has 4 nitrogen and oxygen atoms in total. The molecular weight excluding hydrogens is 332 g/mol. The van der Waals surface area contributed by atoms with Gasteiger partial charge in [0.25, 0.3) is 5.76 Å². The summed E-state index contributed by atoms with van der Waals surface area (Å²) < 4.78 is 24.6. The number of nitrogens with zero attached hydrogens (tertiary/aromatic N) is 2. The molecule has 2 heterocycles. The molecule has 1 saturated heterocycles. The van der Waals surface area contributed by atoms with Crippen LogP contribution in [-0.2, 0) is 0 Å². The van der Waals surface area contributed by atoms with Crippen LogP contribution in [0, 0.1) is 0 Å². The van der Waals surface area contributed by atoms with Crippen LogP contribution in [-0.4, -0.2) is 28.2 Å². The summed E-state index contributed by atoms with van der Waals surface area (Å²) in [5.74, 6) is -2.45. The minimum Gasteiger partial charge on any atom is -0.317 e. The number of hydrogen-bond acceptors (Lipinski definition) is 3. The maximum atomic E-state index is 12.5.